The van der Waals surface area contributed by atoms with Crippen LogP contribution in [0.15, 0.2) is 82.9 Å². The lowest BCUT2D eigenvalue weighted by atomic mass is 9.51. The summed E-state index contributed by atoms with van der Waals surface area (Å²) >= 11 is 3.43. The maximum absolute atomic E-state index is 14.5. The lowest BCUT2D eigenvalue weighted by molar-refractivity contribution is -0.131. The van der Waals surface area contributed by atoms with Crippen LogP contribution in [0.1, 0.15) is 48.5 Å². The monoisotopic (exact) mass is 682 g/mol. The van der Waals surface area contributed by atoms with E-state index in [0.717, 1.165) is 5.57 Å². The number of methoxy groups -OCH3 is 1. The van der Waals surface area contributed by atoms with Crippen molar-refractivity contribution in [1.82, 2.24) is 0 Å². The zero-order chi connectivity index (χ0) is 32.7. The van der Waals surface area contributed by atoms with Gasteiger partial charge in [-0.2, -0.15) is 0 Å². The van der Waals surface area contributed by atoms with Crippen molar-refractivity contribution in [2.24, 2.45) is 29.1 Å². The lowest BCUT2D eigenvalue weighted by Crippen LogP contribution is -2.48. The first-order chi connectivity index (χ1) is 22.0. The molecule has 2 aliphatic heterocycles. The van der Waals surface area contributed by atoms with Crippen LogP contribution in [-0.4, -0.2) is 41.6 Å². The molecule has 3 aromatic carbocycles. The van der Waals surface area contributed by atoms with Crippen molar-refractivity contribution in [1.29, 1.82) is 0 Å². The SMILES string of the molecule is COc1cc([C@H]2C3=CC[C@@H]4C(=O)N(c5ccc(C(C)=O)cc5)C(=O)[C@@H]4[C@@H]3C[C@H]3C(=O)N(c4ccccc4)C(=O)[C@@]23C)cc(Br)c1O. The minimum Gasteiger partial charge on any atom is -0.503 e. The second-order valence-corrected chi connectivity index (χ2v) is 13.5. The van der Waals surface area contributed by atoms with E-state index in [1.807, 2.05) is 19.1 Å². The Morgan fingerprint density at radius 2 is 1.59 bits per heavy atom. The first kappa shape index (κ1) is 30.1. The topological polar surface area (TPSA) is 121 Å². The Morgan fingerprint density at radius 3 is 2.24 bits per heavy atom. The van der Waals surface area contributed by atoms with Gasteiger partial charge in [-0.15, -0.1) is 0 Å². The number of halogens is 1. The van der Waals surface area contributed by atoms with Crippen LogP contribution in [0.25, 0.3) is 0 Å². The highest BCUT2D eigenvalue weighted by atomic mass is 79.9. The fourth-order valence-corrected chi connectivity index (χ4v) is 8.69. The molecule has 4 aliphatic rings. The summed E-state index contributed by atoms with van der Waals surface area (Å²) in [6.07, 6.45) is 2.49. The highest BCUT2D eigenvalue weighted by Gasteiger charge is 2.67. The number of amides is 4. The molecule has 9 nitrogen and oxygen atoms in total. The maximum Gasteiger partial charge on any atom is 0.241 e. The number of imide groups is 2. The number of aromatic hydroxyl groups is 1. The fourth-order valence-electron chi connectivity index (χ4n) is 8.23. The first-order valence-corrected chi connectivity index (χ1v) is 16.0. The Balaban J connectivity index is 1.37. The summed E-state index contributed by atoms with van der Waals surface area (Å²) in [6, 6.07) is 18.6. The molecule has 3 aromatic rings. The zero-order valence-electron chi connectivity index (χ0n) is 25.4. The van der Waals surface area contributed by atoms with E-state index in [4.69, 9.17) is 4.74 Å². The van der Waals surface area contributed by atoms with E-state index in [-0.39, 0.29) is 47.3 Å². The number of benzene rings is 3. The molecule has 3 fully saturated rings. The van der Waals surface area contributed by atoms with Crippen LogP contribution in [0.5, 0.6) is 11.5 Å². The molecule has 2 heterocycles. The van der Waals surface area contributed by atoms with Gasteiger partial charge in [0, 0.05) is 11.5 Å². The molecule has 4 amide bonds. The van der Waals surface area contributed by atoms with E-state index in [1.54, 1.807) is 60.7 Å². The van der Waals surface area contributed by atoms with Crippen LogP contribution in [-0.2, 0) is 19.2 Å². The number of carbonyl (C=O) groups is 5. The molecule has 0 aromatic heterocycles. The number of allylic oxidation sites excluding steroid dienone is 2. The van der Waals surface area contributed by atoms with Crippen molar-refractivity contribution in [3.63, 3.8) is 0 Å². The number of hydrogen-bond acceptors (Lipinski definition) is 7. The molecule has 0 spiro atoms. The van der Waals surface area contributed by atoms with Crippen molar-refractivity contribution < 1.29 is 33.8 Å². The van der Waals surface area contributed by atoms with Gasteiger partial charge in [0.2, 0.25) is 23.6 Å². The third kappa shape index (κ3) is 4.15. The number of rotatable bonds is 5. The van der Waals surface area contributed by atoms with Gasteiger partial charge in [-0.3, -0.25) is 28.9 Å². The van der Waals surface area contributed by atoms with Crippen molar-refractivity contribution >= 4 is 56.7 Å². The molecule has 0 radical (unpaired) electrons. The Labute approximate surface area is 274 Å². The van der Waals surface area contributed by atoms with Crippen LogP contribution in [0.4, 0.5) is 11.4 Å². The number of para-hydroxylation sites is 1. The number of ether oxygens (including phenoxy) is 1. The first-order valence-electron chi connectivity index (χ1n) is 15.2. The quantitative estimate of drug-likeness (QED) is 0.205. The van der Waals surface area contributed by atoms with Crippen LogP contribution in [0, 0.1) is 29.1 Å². The normalized spacial score (nSPS) is 28.5. The minimum atomic E-state index is -1.22. The average Bonchev–Trinajstić information content (AvgIpc) is 3.42. The summed E-state index contributed by atoms with van der Waals surface area (Å²) in [4.78, 5) is 71.2. The Morgan fingerprint density at radius 1 is 0.913 bits per heavy atom. The highest BCUT2D eigenvalue weighted by molar-refractivity contribution is 9.10. The number of phenolic OH excluding ortho intramolecular Hbond substituents is 1. The average molecular weight is 684 g/mol. The fraction of sp³-hybridized carbons (Fsp3) is 0.306. The van der Waals surface area contributed by atoms with E-state index in [1.165, 1.54) is 23.8 Å². The number of anilines is 2. The standard InChI is InChI=1S/C36H31BrN2O7/c1-18(40)19-9-11-22(12-10-19)38-32(42)24-14-13-23-25(29(24)34(38)44)17-26-33(43)39(21-7-5-4-6-8-21)35(45)36(26,2)30(23)20-15-27(37)31(41)28(16-20)46-3/h4-13,15-16,24-26,29-30,41H,14,17H2,1-3H3/t24-,25+,26-,29-,30-,36+/m0/s1. The van der Waals surface area contributed by atoms with Crippen LogP contribution < -0.4 is 14.5 Å². The van der Waals surface area contributed by atoms with Gasteiger partial charge in [-0.1, -0.05) is 29.8 Å². The van der Waals surface area contributed by atoms with E-state index < -0.39 is 35.0 Å². The summed E-state index contributed by atoms with van der Waals surface area (Å²) in [7, 11) is 1.44. The molecule has 2 saturated heterocycles. The van der Waals surface area contributed by atoms with E-state index in [2.05, 4.69) is 15.9 Å². The molecule has 7 rings (SSSR count). The van der Waals surface area contributed by atoms with Gasteiger partial charge in [0.05, 0.1) is 46.1 Å². The summed E-state index contributed by atoms with van der Waals surface area (Å²) in [5.41, 5.74) is 1.58. The molecule has 10 heteroatoms. The molecule has 0 bridgehead atoms. The third-order valence-electron chi connectivity index (χ3n) is 10.4. The summed E-state index contributed by atoms with van der Waals surface area (Å²) < 4.78 is 5.84. The van der Waals surface area contributed by atoms with E-state index in [9.17, 15) is 29.1 Å². The zero-order valence-corrected chi connectivity index (χ0v) is 27.0. The second-order valence-electron chi connectivity index (χ2n) is 12.7. The van der Waals surface area contributed by atoms with Gasteiger partial charge in [0.1, 0.15) is 0 Å². The van der Waals surface area contributed by atoms with Gasteiger partial charge in [-0.05, 0) is 103 Å². The maximum atomic E-state index is 14.5. The van der Waals surface area contributed by atoms with Crippen molar-refractivity contribution in [2.75, 3.05) is 16.9 Å². The predicted molar refractivity (Wildman–Crippen MR) is 172 cm³/mol. The minimum absolute atomic E-state index is 0.0965. The molecule has 234 valence electrons. The molecule has 1 saturated carbocycles. The number of phenols is 1. The number of Topliss-reactive ketones (excluding diaryl/α,β-unsaturated/α-hetero) is 1. The third-order valence-corrected chi connectivity index (χ3v) is 11.0. The molecule has 6 atom stereocenters. The van der Waals surface area contributed by atoms with Crippen LogP contribution >= 0.6 is 15.9 Å². The Bertz CT molecular complexity index is 1870. The summed E-state index contributed by atoms with van der Waals surface area (Å²) in [6.45, 7) is 3.26. The van der Waals surface area contributed by atoms with Crippen molar-refractivity contribution in [2.45, 2.75) is 32.6 Å². The van der Waals surface area contributed by atoms with Gasteiger partial charge < -0.3 is 9.84 Å². The second kappa shape index (κ2) is 10.8. The lowest BCUT2D eigenvalue weighted by Gasteiger charge is -2.49. The van der Waals surface area contributed by atoms with Crippen LogP contribution in [0.3, 0.4) is 0 Å². The molecular weight excluding hydrogens is 652 g/mol. The smallest absolute Gasteiger partial charge is 0.241 e. The number of hydrogen-bond donors (Lipinski definition) is 1. The van der Waals surface area contributed by atoms with Crippen molar-refractivity contribution in [3.8, 4) is 11.5 Å². The molecule has 2 aliphatic carbocycles. The molecule has 0 unspecified atom stereocenters. The Kier molecular flexibility index (Phi) is 7.04. The van der Waals surface area contributed by atoms with Gasteiger partial charge in [0.25, 0.3) is 0 Å². The van der Waals surface area contributed by atoms with E-state index in [0.29, 0.717) is 33.4 Å². The van der Waals surface area contributed by atoms with Gasteiger partial charge in [-0.25, -0.2) is 4.90 Å². The number of ketones is 1. The number of carbonyl (C=O) groups excluding carboxylic acids is 5. The largest absolute Gasteiger partial charge is 0.503 e. The summed E-state index contributed by atoms with van der Waals surface area (Å²) in [5, 5.41) is 10.6. The number of fused-ring (bicyclic) bond motifs is 4. The molecule has 1 N–H and O–H groups in total. The molecule has 46 heavy (non-hydrogen) atoms. The van der Waals surface area contributed by atoms with Crippen LogP contribution in [0.2, 0.25) is 0 Å². The Hall–Kier alpha value is -4.57. The van der Waals surface area contributed by atoms with Gasteiger partial charge in [0.15, 0.2) is 17.3 Å². The molecular formula is C36H31BrN2O7. The number of nitrogens with zero attached hydrogens (tertiary/aromatic N) is 2. The predicted octanol–water partition coefficient (Wildman–Crippen LogP) is 5.80. The summed E-state index contributed by atoms with van der Waals surface area (Å²) in [5.74, 6) is -4.67. The van der Waals surface area contributed by atoms with Gasteiger partial charge >= 0.3 is 0 Å². The van der Waals surface area contributed by atoms with E-state index >= 15 is 0 Å². The van der Waals surface area contributed by atoms with Crippen molar-refractivity contribution in [3.05, 3.63) is 94.0 Å². The highest BCUT2D eigenvalue weighted by Crippen LogP contribution is 2.64.